The molecule has 3 N–H and O–H groups in total. The summed E-state index contributed by atoms with van der Waals surface area (Å²) in [6, 6.07) is 7.11. The van der Waals surface area contributed by atoms with Gasteiger partial charge < -0.3 is 5.73 Å². The number of nitrogens with two attached hydrogens (primary N) is 1. The van der Waals surface area contributed by atoms with E-state index in [2.05, 4.69) is 15.4 Å². The van der Waals surface area contributed by atoms with Crippen molar-refractivity contribution in [3.05, 3.63) is 46.7 Å². The maximum absolute atomic E-state index is 5.95. The van der Waals surface area contributed by atoms with Gasteiger partial charge in [0.15, 0.2) is 0 Å². The summed E-state index contributed by atoms with van der Waals surface area (Å²) in [5, 5.41) is 10.8. The van der Waals surface area contributed by atoms with Crippen molar-refractivity contribution in [1.29, 1.82) is 0 Å². The van der Waals surface area contributed by atoms with Crippen LogP contribution < -0.4 is 5.73 Å². The quantitative estimate of drug-likeness (QED) is 0.786. The Kier molecular flexibility index (Phi) is 2.47. The van der Waals surface area contributed by atoms with Crippen molar-refractivity contribution in [2.45, 2.75) is 6.04 Å². The molecular weight excluding hydrogens is 200 g/mol. The molecule has 1 unspecified atom stereocenters. The molecule has 0 bridgehead atoms. The zero-order valence-corrected chi connectivity index (χ0v) is 8.07. The number of halogens is 1. The Labute approximate surface area is 86.1 Å². The second-order valence-electron chi connectivity index (χ2n) is 2.93. The molecule has 5 heteroatoms. The van der Waals surface area contributed by atoms with E-state index in [1.807, 2.05) is 18.2 Å². The zero-order chi connectivity index (χ0) is 9.97. The SMILES string of the molecule is NC(c1cccc(Cl)c1)c1cn[nH]n1. The Bertz CT molecular complexity index is 413. The largest absolute Gasteiger partial charge is 0.319 e. The van der Waals surface area contributed by atoms with Crippen molar-refractivity contribution in [3.63, 3.8) is 0 Å². The molecule has 1 heterocycles. The zero-order valence-electron chi connectivity index (χ0n) is 7.31. The van der Waals surface area contributed by atoms with Crippen LogP contribution in [0, 0.1) is 0 Å². The third-order valence-electron chi connectivity index (χ3n) is 1.96. The number of H-pyrrole nitrogens is 1. The van der Waals surface area contributed by atoms with E-state index < -0.39 is 0 Å². The molecule has 2 aromatic rings. The Morgan fingerprint density at radius 2 is 2.29 bits per heavy atom. The van der Waals surface area contributed by atoms with Crippen LogP contribution in [0.5, 0.6) is 0 Å². The van der Waals surface area contributed by atoms with E-state index in [1.165, 1.54) is 0 Å². The minimum Gasteiger partial charge on any atom is -0.319 e. The van der Waals surface area contributed by atoms with Crippen LogP contribution in [0.2, 0.25) is 5.02 Å². The molecule has 1 atom stereocenters. The molecular formula is C9H9ClN4. The Balaban J connectivity index is 2.32. The van der Waals surface area contributed by atoms with Gasteiger partial charge in [-0.25, -0.2) is 0 Å². The van der Waals surface area contributed by atoms with Crippen molar-refractivity contribution < 1.29 is 0 Å². The molecule has 0 fully saturated rings. The summed E-state index contributed by atoms with van der Waals surface area (Å²) < 4.78 is 0. The number of hydrogen-bond acceptors (Lipinski definition) is 3. The van der Waals surface area contributed by atoms with E-state index in [0.29, 0.717) is 10.7 Å². The second kappa shape index (κ2) is 3.77. The minimum atomic E-state index is -0.285. The lowest BCUT2D eigenvalue weighted by atomic mass is 10.1. The lowest BCUT2D eigenvalue weighted by Crippen LogP contribution is -2.12. The molecule has 2 rings (SSSR count). The number of nitrogens with one attached hydrogen (secondary N) is 1. The third kappa shape index (κ3) is 1.76. The van der Waals surface area contributed by atoms with E-state index in [4.69, 9.17) is 17.3 Å². The third-order valence-corrected chi connectivity index (χ3v) is 2.20. The molecule has 0 saturated heterocycles. The fourth-order valence-electron chi connectivity index (χ4n) is 1.23. The van der Waals surface area contributed by atoms with Crippen molar-refractivity contribution >= 4 is 11.6 Å². The average Bonchev–Trinajstić information content (AvgIpc) is 2.69. The summed E-state index contributed by atoms with van der Waals surface area (Å²) >= 11 is 5.85. The topological polar surface area (TPSA) is 67.6 Å². The van der Waals surface area contributed by atoms with E-state index >= 15 is 0 Å². The lowest BCUT2D eigenvalue weighted by molar-refractivity contribution is 0.809. The van der Waals surface area contributed by atoms with Crippen LogP contribution in [-0.4, -0.2) is 15.4 Å². The molecule has 0 spiro atoms. The minimum absolute atomic E-state index is 0.285. The molecule has 0 amide bonds. The van der Waals surface area contributed by atoms with Crippen molar-refractivity contribution in [1.82, 2.24) is 15.4 Å². The highest BCUT2D eigenvalue weighted by molar-refractivity contribution is 6.30. The average molecular weight is 209 g/mol. The van der Waals surface area contributed by atoms with E-state index in [9.17, 15) is 0 Å². The molecule has 1 aromatic heterocycles. The maximum atomic E-state index is 5.95. The van der Waals surface area contributed by atoms with Crippen molar-refractivity contribution in [2.75, 3.05) is 0 Å². The Morgan fingerprint density at radius 1 is 1.43 bits per heavy atom. The number of aromatic nitrogens is 3. The van der Waals surface area contributed by atoms with Crippen LogP contribution in [0.3, 0.4) is 0 Å². The Hall–Kier alpha value is -1.39. The van der Waals surface area contributed by atoms with Gasteiger partial charge in [0.1, 0.15) is 5.69 Å². The monoisotopic (exact) mass is 208 g/mol. The van der Waals surface area contributed by atoms with Gasteiger partial charge in [-0.3, -0.25) is 0 Å². The molecule has 72 valence electrons. The standard InChI is InChI=1S/C9H9ClN4/c10-7-3-1-2-6(4-7)9(11)8-5-12-14-13-8/h1-5,9H,11H2,(H,12,13,14). The smallest absolute Gasteiger partial charge is 0.104 e. The van der Waals surface area contributed by atoms with Gasteiger partial charge in [-0.05, 0) is 17.7 Å². The number of aromatic amines is 1. The summed E-state index contributed by atoms with van der Waals surface area (Å²) in [6.45, 7) is 0. The van der Waals surface area contributed by atoms with Gasteiger partial charge in [0.05, 0.1) is 12.2 Å². The highest BCUT2D eigenvalue weighted by atomic mass is 35.5. The summed E-state index contributed by atoms with van der Waals surface area (Å²) in [7, 11) is 0. The Morgan fingerprint density at radius 3 is 2.93 bits per heavy atom. The molecule has 0 aliphatic rings. The first-order valence-corrected chi connectivity index (χ1v) is 4.52. The van der Waals surface area contributed by atoms with E-state index in [0.717, 1.165) is 5.56 Å². The molecule has 0 saturated carbocycles. The van der Waals surface area contributed by atoms with E-state index in [-0.39, 0.29) is 6.04 Å². The van der Waals surface area contributed by atoms with Gasteiger partial charge >= 0.3 is 0 Å². The molecule has 0 aliphatic heterocycles. The van der Waals surface area contributed by atoms with Gasteiger partial charge in [-0.1, -0.05) is 23.7 Å². The number of benzene rings is 1. The lowest BCUT2D eigenvalue weighted by Gasteiger charge is -2.08. The predicted octanol–water partition coefficient (Wildman–Crippen LogP) is 1.51. The van der Waals surface area contributed by atoms with Crippen LogP contribution in [0.25, 0.3) is 0 Å². The fourth-order valence-corrected chi connectivity index (χ4v) is 1.43. The van der Waals surface area contributed by atoms with Gasteiger partial charge in [-0.2, -0.15) is 15.4 Å². The van der Waals surface area contributed by atoms with Crippen molar-refractivity contribution in [3.8, 4) is 0 Å². The molecule has 0 aliphatic carbocycles. The van der Waals surface area contributed by atoms with Gasteiger partial charge in [0.25, 0.3) is 0 Å². The molecule has 0 radical (unpaired) electrons. The first-order valence-electron chi connectivity index (χ1n) is 4.14. The van der Waals surface area contributed by atoms with Crippen LogP contribution in [0.4, 0.5) is 0 Å². The first kappa shape index (κ1) is 9.18. The van der Waals surface area contributed by atoms with Crippen LogP contribution in [0.1, 0.15) is 17.3 Å². The normalized spacial score (nSPS) is 12.7. The summed E-state index contributed by atoms with van der Waals surface area (Å²) in [5.74, 6) is 0. The van der Waals surface area contributed by atoms with Crippen molar-refractivity contribution in [2.24, 2.45) is 5.73 Å². The van der Waals surface area contributed by atoms with E-state index in [1.54, 1.807) is 12.3 Å². The maximum Gasteiger partial charge on any atom is 0.104 e. The second-order valence-corrected chi connectivity index (χ2v) is 3.36. The number of nitrogens with zero attached hydrogens (tertiary/aromatic N) is 2. The highest BCUT2D eigenvalue weighted by Crippen LogP contribution is 2.19. The predicted molar refractivity (Wildman–Crippen MR) is 53.9 cm³/mol. The molecule has 14 heavy (non-hydrogen) atoms. The molecule has 4 nitrogen and oxygen atoms in total. The highest BCUT2D eigenvalue weighted by Gasteiger charge is 2.11. The van der Waals surface area contributed by atoms with Gasteiger partial charge in [-0.15, -0.1) is 0 Å². The van der Waals surface area contributed by atoms with Crippen LogP contribution in [-0.2, 0) is 0 Å². The fraction of sp³-hybridized carbons (Fsp3) is 0.111. The van der Waals surface area contributed by atoms with Gasteiger partial charge in [0, 0.05) is 5.02 Å². The van der Waals surface area contributed by atoms with Gasteiger partial charge in [0.2, 0.25) is 0 Å². The summed E-state index contributed by atoms with van der Waals surface area (Å²) in [5.41, 5.74) is 7.57. The number of hydrogen-bond donors (Lipinski definition) is 2. The molecule has 1 aromatic carbocycles. The first-order chi connectivity index (χ1) is 6.77. The summed E-state index contributed by atoms with van der Waals surface area (Å²) in [4.78, 5) is 0. The van der Waals surface area contributed by atoms with Crippen LogP contribution in [0.15, 0.2) is 30.5 Å². The summed E-state index contributed by atoms with van der Waals surface area (Å²) in [6.07, 6.45) is 1.60. The number of rotatable bonds is 2. The van der Waals surface area contributed by atoms with Crippen LogP contribution >= 0.6 is 11.6 Å².